The molecule has 128 valence electrons. The highest BCUT2D eigenvalue weighted by Gasteiger charge is 2.18. The van der Waals surface area contributed by atoms with E-state index < -0.39 is 0 Å². The van der Waals surface area contributed by atoms with Crippen LogP contribution in [-0.2, 0) is 13.6 Å². The Bertz CT molecular complexity index is 685. The minimum absolute atomic E-state index is 0.215. The van der Waals surface area contributed by atoms with Crippen molar-refractivity contribution in [3.63, 3.8) is 0 Å². The van der Waals surface area contributed by atoms with Crippen LogP contribution in [0.3, 0.4) is 0 Å². The van der Waals surface area contributed by atoms with Gasteiger partial charge in [0.05, 0.1) is 6.04 Å². The van der Waals surface area contributed by atoms with E-state index in [1.807, 2.05) is 24.6 Å². The Morgan fingerprint density at radius 2 is 1.92 bits per heavy atom. The summed E-state index contributed by atoms with van der Waals surface area (Å²) in [5.74, 6) is 2.76. The van der Waals surface area contributed by atoms with Gasteiger partial charge in [0.1, 0.15) is 12.4 Å². The van der Waals surface area contributed by atoms with Gasteiger partial charge < -0.3 is 14.8 Å². The maximum absolute atomic E-state index is 4.82. The van der Waals surface area contributed by atoms with Crippen molar-refractivity contribution in [2.24, 2.45) is 12.0 Å². The van der Waals surface area contributed by atoms with Gasteiger partial charge in [-0.2, -0.15) is 0 Å². The first-order valence-electron chi connectivity index (χ1n) is 8.61. The third kappa shape index (κ3) is 3.75. The fraction of sp³-hybridized carbons (Fsp3) is 0.500. The van der Waals surface area contributed by atoms with Crippen LogP contribution in [0.2, 0.25) is 0 Å². The van der Waals surface area contributed by atoms with Crippen molar-refractivity contribution in [1.29, 1.82) is 0 Å². The van der Waals surface area contributed by atoms with Gasteiger partial charge in [0.25, 0.3) is 0 Å². The van der Waals surface area contributed by atoms with E-state index in [1.165, 1.54) is 18.4 Å². The predicted molar refractivity (Wildman–Crippen MR) is 95.7 cm³/mol. The second kappa shape index (κ2) is 7.47. The number of aromatic nitrogens is 3. The molecule has 3 rings (SSSR count). The van der Waals surface area contributed by atoms with Gasteiger partial charge in [-0.1, -0.05) is 30.3 Å². The fourth-order valence-corrected chi connectivity index (χ4v) is 2.92. The van der Waals surface area contributed by atoms with Crippen molar-refractivity contribution < 1.29 is 0 Å². The van der Waals surface area contributed by atoms with Crippen molar-refractivity contribution >= 4 is 5.96 Å². The molecule has 1 atom stereocenters. The summed E-state index contributed by atoms with van der Waals surface area (Å²) in [5, 5.41) is 11.9. The monoisotopic (exact) mass is 326 g/mol. The number of guanidine groups is 1. The first-order valence-corrected chi connectivity index (χ1v) is 8.61. The molecule has 1 saturated heterocycles. The maximum Gasteiger partial charge on any atom is 0.194 e. The lowest BCUT2D eigenvalue weighted by molar-refractivity contribution is 0.478. The average molecular weight is 326 g/mol. The van der Waals surface area contributed by atoms with E-state index in [4.69, 9.17) is 4.99 Å². The molecule has 0 amide bonds. The average Bonchev–Trinajstić information content (AvgIpc) is 3.24. The van der Waals surface area contributed by atoms with Crippen molar-refractivity contribution in [2.45, 2.75) is 39.3 Å². The lowest BCUT2D eigenvalue weighted by Gasteiger charge is -2.25. The summed E-state index contributed by atoms with van der Waals surface area (Å²) < 4.78 is 1.99. The molecule has 1 fully saturated rings. The lowest BCUT2D eigenvalue weighted by Crippen LogP contribution is -2.41. The predicted octanol–water partition coefficient (Wildman–Crippen LogP) is 2.43. The molecule has 24 heavy (non-hydrogen) atoms. The number of nitrogens with one attached hydrogen (secondary N) is 1. The first kappa shape index (κ1) is 16.5. The number of hydrogen-bond acceptors (Lipinski definition) is 3. The molecule has 1 aromatic carbocycles. The molecule has 1 aromatic heterocycles. The molecule has 0 aliphatic carbocycles. The zero-order valence-corrected chi connectivity index (χ0v) is 14.7. The molecular formula is C18H26N6. The Balaban J connectivity index is 1.75. The summed E-state index contributed by atoms with van der Waals surface area (Å²) >= 11 is 0. The second-order valence-electron chi connectivity index (χ2n) is 6.33. The second-order valence-corrected chi connectivity index (χ2v) is 6.33. The van der Waals surface area contributed by atoms with Gasteiger partial charge >= 0.3 is 0 Å². The Morgan fingerprint density at radius 3 is 2.54 bits per heavy atom. The van der Waals surface area contributed by atoms with Gasteiger partial charge in [-0.15, -0.1) is 10.2 Å². The molecule has 1 N–H and O–H groups in total. The Kier molecular flexibility index (Phi) is 5.13. The summed E-state index contributed by atoms with van der Waals surface area (Å²) in [5.41, 5.74) is 1.26. The van der Waals surface area contributed by atoms with Crippen LogP contribution in [-0.4, -0.2) is 38.7 Å². The topological polar surface area (TPSA) is 58.3 Å². The number of benzene rings is 1. The van der Waals surface area contributed by atoms with Gasteiger partial charge in [-0.05, 0) is 32.3 Å². The van der Waals surface area contributed by atoms with Crippen LogP contribution in [0.25, 0.3) is 0 Å². The molecule has 2 heterocycles. The summed E-state index contributed by atoms with van der Waals surface area (Å²) in [6, 6.07) is 10.7. The van der Waals surface area contributed by atoms with Gasteiger partial charge in [0.15, 0.2) is 11.8 Å². The molecule has 0 saturated carbocycles. The highest BCUT2D eigenvalue weighted by atomic mass is 15.3. The van der Waals surface area contributed by atoms with E-state index in [9.17, 15) is 0 Å². The molecule has 1 aliphatic rings. The van der Waals surface area contributed by atoms with Gasteiger partial charge in [0.2, 0.25) is 0 Å². The largest absolute Gasteiger partial charge is 0.350 e. The summed E-state index contributed by atoms with van der Waals surface area (Å²) in [4.78, 5) is 7.16. The molecule has 1 unspecified atom stereocenters. The highest BCUT2D eigenvalue weighted by molar-refractivity contribution is 5.80. The number of rotatable bonds is 4. The number of hydrogen-bond donors (Lipinski definition) is 1. The van der Waals surface area contributed by atoms with Crippen LogP contribution in [0.5, 0.6) is 0 Å². The molecule has 6 heteroatoms. The number of likely N-dealkylation sites (tertiary alicyclic amines) is 1. The lowest BCUT2D eigenvalue weighted by atomic mass is 10.1. The van der Waals surface area contributed by atoms with Crippen molar-refractivity contribution in [1.82, 2.24) is 25.0 Å². The van der Waals surface area contributed by atoms with Gasteiger partial charge in [0, 0.05) is 20.1 Å². The van der Waals surface area contributed by atoms with E-state index >= 15 is 0 Å². The molecule has 1 aliphatic heterocycles. The molecule has 0 radical (unpaired) electrons. The van der Waals surface area contributed by atoms with E-state index in [2.05, 4.69) is 51.6 Å². The molecule has 0 spiro atoms. The van der Waals surface area contributed by atoms with Crippen LogP contribution >= 0.6 is 0 Å². The third-order valence-electron chi connectivity index (χ3n) is 4.60. The number of aliphatic imine (C=N–C) groups is 1. The summed E-state index contributed by atoms with van der Waals surface area (Å²) in [7, 11) is 1.98. The van der Waals surface area contributed by atoms with Gasteiger partial charge in [-0.25, -0.2) is 4.99 Å². The van der Waals surface area contributed by atoms with Crippen molar-refractivity contribution in [3.8, 4) is 0 Å². The Hall–Kier alpha value is -2.37. The third-order valence-corrected chi connectivity index (χ3v) is 4.60. The SMILES string of the molecule is Cc1nnc(CN=C(NC(C)c2ccccc2)N2CCCC2)n1C. The Morgan fingerprint density at radius 1 is 1.21 bits per heavy atom. The molecule has 2 aromatic rings. The zero-order chi connectivity index (χ0) is 16.9. The Labute approximate surface area is 143 Å². The summed E-state index contributed by atoms with van der Waals surface area (Å²) in [6.07, 6.45) is 2.45. The van der Waals surface area contributed by atoms with Crippen LogP contribution in [0, 0.1) is 6.92 Å². The minimum Gasteiger partial charge on any atom is -0.350 e. The number of nitrogens with zero attached hydrogens (tertiary/aromatic N) is 5. The van der Waals surface area contributed by atoms with Gasteiger partial charge in [-0.3, -0.25) is 0 Å². The smallest absolute Gasteiger partial charge is 0.194 e. The van der Waals surface area contributed by atoms with Crippen molar-refractivity contribution in [3.05, 3.63) is 47.5 Å². The van der Waals surface area contributed by atoms with Crippen molar-refractivity contribution in [2.75, 3.05) is 13.1 Å². The van der Waals surface area contributed by atoms with E-state index in [1.54, 1.807) is 0 Å². The maximum atomic E-state index is 4.82. The zero-order valence-electron chi connectivity index (χ0n) is 14.7. The van der Waals surface area contributed by atoms with E-state index in [0.717, 1.165) is 30.7 Å². The van der Waals surface area contributed by atoms with E-state index in [-0.39, 0.29) is 6.04 Å². The normalized spacial score (nSPS) is 16.5. The first-order chi connectivity index (χ1) is 11.6. The van der Waals surface area contributed by atoms with Crippen LogP contribution in [0.15, 0.2) is 35.3 Å². The summed E-state index contributed by atoms with van der Waals surface area (Å²) in [6.45, 7) is 6.79. The van der Waals surface area contributed by atoms with E-state index in [0.29, 0.717) is 6.54 Å². The molecule has 6 nitrogen and oxygen atoms in total. The molecule has 0 bridgehead atoms. The van der Waals surface area contributed by atoms with Crippen LogP contribution in [0.4, 0.5) is 0 Å². The van der Waals surface area contributed by atoms with Crippen LogP contribution in [0.1, 0.15) is 43.0 Å². The molecular weight excluding hydrogens is 300 g/mol. The standard InChI is InChI=1S/C18H26N6/c1-14(16-9-5-4-6-10-16)20-18(24-11-7-8-12-24)19-13-17-22-21-15(2)23(17)3/h4-6,9-10,14H,7-8,11-13H2,1-3H3,(H,19,20). The van der Waals surface area contributed by atoms with Crippen LogP contribution < -0.4 is 5.32 Å². The highest BCUT2D eigenvalue weighted by Crippen LogP contribution is 2.14. The minimum atomic E-state index is 0.215. The number of aryl methyl sites for hydroxylation is 1. The quantitative estimate of drug-likeness (QED) is 0.692. The fourth-order valence-electron chi connectivity index (χ4n) is 2.92.